The van der Waals surface area contributed by atoms with Crippen LogP contribution in [0.3, 0.4) is 0 Å². The van der Waals surface area contributed by atoms with E-state index in [1.165, 1.54) is 38.2 Å². The lowest BCUT2D eigenvalue weighted by Crippen LogP contribution is -2.26. The van der Waals surface area contributed by atoms with Crippen molar-refractivity contribution in [2.45, 2.75) is 38.6 Å². The molecule has 0 atom stereocenters. The van der Waals surface area contributed by atoms with Gasteiger partial charge < -0.3 is 10.6 Å². The van der Waals surface area contributed by atoms with Crippen molar-refractivity contribution in [3.63, 3.8) is 0 Å². The fourth-order valence-corrected chi connectivity index (χ4v) is 3.10. The van der Waals surface area contributed by atoms with Gasteiger partial charge in [0.15, 0.2) is 0 Å². The molecule has 0 heterocycles. The van der Waals surface area contributed by atoms with Gasteiger partial charge >= 0.3 is 0 Å². The van der Waals surface area contributed by atoms with Crippen LogP contribution in [0.5, 0.6) is 0 Å². The third-order valence-electron chi connectivity index (χ3n) is 4.10. The van der Waals surface area contributed by atoms with E-state index in [0.29, 0.717) is 5.56 Å². The van der Waals surface area contributed by atoms with E-state index in [0.717, 1.165) is 24.6 Å². The third-order valence-corrected chi connectivity index (χ3v) is 4.10. The normalized spacial score (nSPS) is 15.8. The Morgan fingerprint density at radius 2 is 2.05 bits per heavy atom. The highest BCUT2D eigenvalue weighted by molar-refractivity contribution is 5.38. The topological polar surface area (TPSA) is 29.3 Å². The summed E-state index contributed by atoms with van der Waals surface area (Å²) < 4.78 is 13.6. The Kier molecular flexibility index (Phi) is 6.22. The summed E-state index contributed by atoms with van der Waals surface area (Å²) in [6.45, 7) is 2.22. The molecule has 0 unspecified atom stereocenters. The number of benzene rings is 1. The van der Waals surface area contributed by atoms with Crippen LogP contribution in [0.2, 0.25) is 0 Å². The molecule has 114 valence electrons. The fraction of sp³-hybridized carbons (Fsp3) is 0.556. The van der Waals surface area contributed by atoms with Gasteiger partial charge in [-0.1, -0.05) is 37.2 Å². The monoisotopic (exact) mass is 288 g/mol. The molecule has 0 aromatic heterocycles. The molecule has 2 nitrogen and oxygen atoms in total. The van der Waals surface area contributed by atoms with E-state index < -0.39 is 0 Å². The maximum absolute atomic E-state index is 13.6. The minimum Gasteiger partial charge on any atom is -0.320 e. The van der Waals surface area contributed by atoms with E-state index in [4.69, 9.17) is 5.73 Å². The first-order valence-corrected chi connectivity index (χ1v) is 7.85. The summed E-state index contributed by atoms with van der Waals surface area (Å²) in [5.41, 5.74) is 6.90. The van der Waals surface area contributed by atoms with Crippen molar-refractivity contribution in [2.24, 2.45) is 11.7 Å². The minimum absolute atomic E-state index is 0.255. The Bertz CT molecular complexity index is 510. The van der Waals surface area contributed by atoms with Gasteiger partial charge in [-0.05, 0) is 43.5 Å². The molecule has 2 N–H and O–H groups in total. The highest BCUT2D eigenvalue weighted by Gasteiger charge is 2.15. The summed E-state index contributed by atoms with van der Waals surface area (Å²) in [7, 11) is 2.14. The van der Waals surface area contributed by atoms with E-state index in [9.17, 15) is 4.39 Å². The van der Waals surface area contributed by atoms with Gasteiger partial charge in [0, 0.05) is 13.1 Å². The molecule has 1 aliphatic carbocycles. The largest absolute Gasteiger partial charge is 0.320 e. The van der Waals surface area contributed by atoms with Crippen LogP contribution in [0, 0.1) is 23.6 Å². The van der Waals surface area contributed by atoms with Crippen LogP contribution in [0.4, 0.5) is 4.39 Å². The smallest absolute Gasteiger partial charge is 0.138 e. The molecule has 0 saturated heterocycles. The SMILES string of the molecule is CN(Cc1ccc(F)c(C#CCN)c1)CC1CCCCC1. The molecule has 1 aromatic carbocycles. The number of hydrogen-bond donors (Lipinski definition) is 1. The molecular weight excluding hydrogens is 263 g/mol. The maximum Gasteiger partial charge on any atom is 0.138 e. The van der Waals surface area contributed by atoms with Crippen LogP contribution in [-0.4, -0.2) is 25.0 Å². The summed E-state index contributed by atoms with van der Waals surface area (Å²) in [6, 6.07) is 5.19. The van der Waals surface area contributed by atoms with Crippen molar-refractivity contribution in [3.05, 3.63) is 35.1 Å². The number of hydrogen-bond acceptors (Lipinski definition) is 2. The number of halogens is 1. The van der Waals surface area contributed by atoms with E-state index in [1.807, 2.05) is 12.1 Å². The van der Waals surface area contributed by atoms with Gasteiger partial charge in [-0.2, -0.15) is 0 Å². The second kappa shape index (κ2) is 8.17. The van der Waals surface area contributed by atoms with Gasteiger partial charge in [0.05, 0.1) is 12.1 Å². The average molecular weight is 288 g/mol. The molecule has 21 heavy (non-hydrogen) atoms. The second-order valence-corrected chi connectivity index (χ2v) is 6.02. The van der Waals surface area contributed by atoms with Crippen LogP contribution in [0.25, 0.3) is 0 Å². The summed E-state index contributed by atoms with van der Waals surface area (Å²) in [5.74, 6) is 6.07. The number of rotatable bonds is 4. The zero-order valence-corrected chi connectivity index (χ0v) is 12.9. The lowest BCUT2D eigenvalue weighted by Gasteiger charge is -2.27. The van der Waals surface area contributed by atoms with Crippen molar-refractivity contribution < 1.29 is 4.39 Å². The van der Waals surface area contributed by atoms with Crippen LogP contribution in [0.15, 0.2) is 18.2 Å². The lowest BCUT2D eigenvalue weighted by molar-refractivity contribution is 0.228. The molecule has 0 bridgehead atoms. The molecular formula is C18H25FN2. The Balaban J connectivity index is 1.95. The van der Waals surface area contributed by atoms with Crippen LogP contribution in [-0.2, 0) is 6.54 Å². The first-order valence-electron chi connectivity index (χ1n) is 7.85. The molecule has 2 rings (SSSR count). The first kappa shape index (κ1) is 16.0. The van der Waals surface area contributed by atoms with Gasteiger partial charge in [0.25, 0.3) is 0 Å². The van der Waals surface area contributed by atoms with Crippen LogP contribution < -0.4 is 5.73 Å². The van der Waals surface area contributed by atoms with Gasteiger partial charge in [-0.25, -0.2) is 4.39 Å². The van der Waals surface area contributed by atoms with Gasteiger partial charge in [-0.3, -0.25) is 0 Å². The van der Waals surface area contributed by atoms with E-state index in [2.05, 4.69) is 23.8 Å². The van der Waals surface area contributed by atoms with E-state index in [-0.39, 0.29) is 12.4 Å². The minimum atomic E-state index is -0.269. The number of nitrogens with two attached hydrogens (primary N) is 1. The van der Waals surface area contributed by atoms with Crippen LogP contribution in [0.1, 0.15) is 43.2 Å². The van der Waals surface area contributed by atoms with Gasteiger partial charge in [0.2, 0.25) is 0 Å². The summed E-state index contributed by atoms with van der Waals surface area (Å²) >= 11 is 0. The fourth-order valence-electron chi connectivity index (χ4n) is 3.10. The summed E-state index contributed by atoms with van der Waals surface area (Å²) in [4.78, 5) is 2.34. The molecule has 0 spiro atoms. The Labute approximate surface area is 127 Å². The Hall–Kier alpha value is -1.37. The van der Waals surface area contributed by atoms with Crippen molar-refractivity contribution >= 4 is 0 Å². The molecule has 1 saturated carbocycles. The molecule has 0 amide bonds. The highest BCUT2D eigenvalue weighted by Crippen LogP contribution is 2.24. The van der Waals surface area contributed by atoms with Crippen molar-refractivity contribution in [1.82, 2.24) is 4.90 Å². The molecule has 1 aliphatic rings. The quantitative estimate of drug-likeness (QED) is 0.862. The van der Waals surface area contributed by atoms with Crippen molar-refractivity contribution in [3.8, 4) is 11.8 Å². The summed E-state index contributed by atoms with van der Waals surface area (Å²) in [6.07, 6.45) is 6.82. The second-order valence-electron chi connectivity index (χ2n) is 6.02. The van der Waals surface area contributed by atoms with Crippen LogP contribution >= 0.6 is 0 Å². The Morgan fingerprint density at radius 1 is 1.29 bits per heavy atom. The van der Waals surface area contributed by atoms with Gasteiger partial charge in [-0.15, -0.1) is 0 Å². The maximum atomic E-state index is 13.6. The highest BCUT2D eigenvalue weighted by atomic mass is 19.1. The average Bonchev–Trinajstić information content (AvgIpc) is 2.48. The lowest BCUT2D eigenvalue weighted by atomic mass is 9.89. The van der Waals surface area contributed by atoms with Gasteiger partial charge in [0.1, 0.15) is 5.82 Å². The number of nitrogens with zero attached hydrogens (tertiary/aromatic N) is 1. The predicted octanol–water partition coefficient (Wildman–Crippen LogP) is 3.15. The van der Waals surface area contributed by atoms with E-state index >= 15 is 0 Å². The molecule has 0 aliphatic heterocycles. The summed E-state index contributed by atoms with van der Waals surface area (Å²) in [5, 5.41) is 0. The van der Waals surface area contributed by atoms with Crippen molar-refractivity contribution in [1.29, 1.82) is 0 Å². The first-order chi connectivity index (χ1) is 10.2. The molecule has 1 fully saturated rings. The van der Waals surface area contributed by atoms with E-state index in [1.54, 1.807) is 0 Å². The van der Waals surface area contributed by atoms with Crippen molar-refractivity contribution in [2.75, 3.05) is 20.1 Å². The zero-order valence-electron chi connectivity index (χ0n) is 12.9. The molecule has 0 radical (unpaired) electrons. The molecule has 3 heteroatoms. The third kappa shape index (κ3) is 5.15. The molecule has 1 aromatic rings. The standard InChI is InChI=1S/C18H25FN2/c1-21(13-15-6-3-2-4-7-15)14-16-9-10-18(19)17(12-16)8-5-11-20/h9-10,12,15H,2-4,6-7,11,13-14,20H2,1H3. The Morgan fingerprint density at radius 3 is 2.76 bits per heavy atom. The zero-order chi connectivity index (χ0) is 15.1. The predicted molar refractivity (Wildman–Crippen MR) is 85.2 cm³/mol.